The first kappa shape index (κ1) is 20.0. The number of anilines is 1. The first-order valence-electron chi connectivity index (χ1n) is 10.2. The zero-order valence-electron chi connectivity index (χ0n) is 17.3. The second-order valence-electron chi connectivity index (χ2n) is 8.75. The molecule has 2 atom stereocenters. The van der Waals surface area contributed by atoms with E-state index >= 15 is 0 Å². The number of ether oxygens (including phenoxy) is 2. The summed E-state index contributed by atoms with van der Waals surface area (Å²) in [7, 11) is 0. The first-order valence-corrected chi connectivity index (χ1v) is 11.0. The molecule has 2 heterocycles. The molecule has 0 radical (unpaired) electrons. The third-order valence-electron chi connectivity index (χ3n) is 5.92. The summed E-state index contributed by atoms with van der Waals surface area (Å²) in [5, 5.41) is 4.05. The lowest BCUT2D eigenvalue weighted by Crippen LogP contribution is -2.26. The van der Waals surface area contributed by atoms with E-state index in [1.807, 2.05) is 25.1 Å². The number of thiophene rings is 1. The van der Waals surface area contributed by atoms with Crippen LogP contribution in [-0.4, -0.2) is 18.5 Å². The molecule has 6 heteroatoms. The largest absolute Gasteiger partial charge is 0.462 e. The molecular weight excluding hydrogens is 386 g/mol. The Hall–Kier alpha value is -2.34. The smallest absolute Gasteiger partial charge is 0.341 e. The van der Waals surface area contributed by atoms with Gasteiger partial charge in [-0.15, -0.1) is 11.3 Å². The Kier molecular flexibility index (Phi) is 5.15. The van der Waals surface area contributed by atoms with Gasteiger partial charge in [-0.2, -0.15) is 0 Å². The van der Waals surface area contributed by atoms with Gasteiger partial charge in [0.2, 0.25) is 6.23 Å². The molecule has 154 valence electrons. The topological polar surface area (TPSA) is 64.6 Å². The van der Waals surface area contributed by atoms with Crippen LogP contribution in [0.2, 0.25) is 0 Å². The van der Waals surface area contributed by atoms with Crippen molar-refractivity contribution < 1.29 is 19.1 Å². The normalized spacial score (nSPS) is 20.6. The summed E-state index contributed by atoms with van der Waals surface area (Å²) < 4.78 is 10.9. The minimum absolute atomic E-state index is 0.222. The maximum atomic E-state index is 12.8. The lowest BCUT2D eigenvalue weighted by atomic mass is 9.72. The van der Waals surface area contributed by atoms with E-state index in [0.717, 1.165) is 35.4 Å². The molecule has 0 saturated carbocycles. The Labute approximate surface area is 175 Å². The predicted octanol–water partition coefficient (Wildman–Crippen LogP) is 5.36. The number of carbonyl (C=O) groups is 2. The molecule has 1 aromatic carbocycles. The molecule has 5 nitrogen and oxygen atoms in total. The summed E-state index contributed by atoms with van der Waals surface area (Å²) in [4.78, 5) is 26.2. The number of rotatable bonds is 4. The Bertz CT molecular complexity index is 956. The molecular formula is C23H27NO4S. The van der Waals surface area contributed by atoms with Crippen LogP contribution in [0.15, 0.2) is 24.3 Å². The van der Waals surface area contributed by atoms with Crippen molar-refractivity contribution >= 4 is 28.3 Å². The summed E-state index contributed by atoms with van der Waals surface area (Å²) in [6.45, 7) is 8.97. The molecule has 4 rings (SSSR count). The minimum Gasteiger partial charge on any atom is -0.462 e. The average Bonchev–Trinajstić information content (AvgIpc) is 3.19. The van der Waals surface area contributed by atoms with Crippen molar-refractivity contribution in [3.8, 4) is 0 Å². The summed E-state index contributed by atoms with van der Waals surface area (Å²) >= 11 is 1.60. The lowest BCUT2D eigenvalue weighted by Gasteiger charge is -2.33. The van der Waals surface area contributed by atoms with Crippen LogP contribution in [0.3, 0.4) is 0 Å². The van der Waals surface area contributed by atoms with Gasteiger partial charge >= 0.3 is 11.9 Å². The van der Waals surface area contributed by atoms with Gasteiger partial charge in [0.15, 0.2) is 0 Å². The molecule has 29 heavy (non-hydrogen) atoms. The van der Waals surface area contributed by atoms with Crippen molar-refractivity contribution in [1.29, 1.82) is 0 Å². The van der Waals surface area contributed by atoms with Crippen LogP contribution in [0.5, 0.6) is 0 Å². The molecule has 1 aliphatic heterocycles. The Morgan fingerprint density at radius 1 is 1.31 bits per heavy atom. The van der Waals surface area contributed by atoms with Crippen LogP contribution in [-0.2, 0) is 22.3 Å². The zero-order valence-corrected chi connectivity index (χ0v) is 18.2. The summed E-state index contributed by atoms with van der Waals surface area (Å²) in [6, 6.07) is 7.35. The molecule has 1 aliphatic carbocycles. The highest BCUT2D eigenvalue weighted by atomic mass is 32.1. The van der Waals surface area contributed by atoms with Crippen molar-refractivity contribution in [1.82, 2.24) is 0 Å². The third-order valence-corrected chi connectivity index (χ3v) is 7.11. The molecule has 0 saturated heterocycles. The van der Waals surface area contributed by atoms with E-state index in [1.54, 1.807) is 17.4 Å². The van der Waals surface area contributed by atoms with Crippen LogP contribution in [0.1, 0.15) is 77.1 Å². The fraction of sp³-hybridized carbons (Fsp3) is 0.478. The van der Waals surface area contributed by atoms with E-state index in [-0.39, 0.29) is 17.4 Å². The Balaban J connectivity index is 1.69. The van der Waals surface area contributed by atoms with Crippen LogP contribution in [0.4, 0.5) is 5.00 Å². The average molecular weight is 414 g/mol. The van der Waals surface area contributed by atoms with Crippen molar-refractivity contribution in [2.24, 2.45) is 11.3 Å². The standard InChI is InChI=1S/C23H27NO4S/c1-5-27-22(26)18-16-11-10-13(23(2,3)4)12-17(16)29-20(18)24-19-14-8-6-7-9-15(14)21(25)28-19/h6-9,13,19,24H,5,10-12H2,1-4H3/t13-,19+/m1/s1. The van der Waals surface area contributed by atoms with Gasteiger partial charge in [0, 0.05) is 10.4 Å². The van der Waals surface area contributed by atoms with Crippen molar-refractivity contribution in [3.63, 3.8) is 0 Å². The number of fused-ring (bicyclic) bond motifs is 2. The maximum absolute atomic E-state index is 12.8. The monoisotopic (exact) mass is 413 g/mol. The predicted molar refractivity (Wildman–Crippen MR) is 113 cm³/mol. The fourth-order valence-corrected chi connectivity index (χ4v) is 5.55. The number of cyclic esters (lactones) is 1. The first-order chi connectivity index (χ1) is 13.8. The molecule has 0 unspecified atom stereocenters. The van der Waals surface area contributed by atoms with Gasteiger partial charge < -0.3 is 14.8 Å². The Morgan fingerprint density at radius 3 is 2.79 bits per heavy atom. The van der Waals surface area contributed by atoms with Crippen LogP contribution in [0, 0.1) is 11.3 Å². The third kappa shape index (κ3) is 3.66. The highest BCUT2D eigenvalue weighted by molar-refractivity contribution is 7.16. The number of hydrogen-bond acceptors (Lipinski definition) is 6. The molecule has 0 fully saturated rings. The van der Waals surface area contributed by atoms with Gasteiger partial charge in [-0.05, 0) is 49.1 Å². The second-order valence-corrected chi connectivity index (χ2v) is 9.86. The van der Waals surface area contributed by atoms with E-state index in [9.17, 15) is 9.59 Å². The highest BCUT2D eigenvalue weighted by Crippen LogP contribution is 2.46. The van der Waals surface area contributed by atoms with Crippen molar-refractivity contribution in [2.75, 3.05) is 11.9 Å². The number of carbonyl (C=O) groups excluding carboxylic acids is 2. The van der Waals surface area contributed by atoms with Crippen molar-refractivity contribution in [2.45, 2.75) is 53.2 Å². The minimum atomic E-state index is -0.592. The number of benzene rings is 1. The Morgan fingerprint density at radius 2 is 2.07 bits per heavy atom. The van der Waals surface area contributed by atoms with E-state index < -0.39 is 6.23 Å². The molecule has 0 bridgehead atoms. The van der Waals surface area contributed by atoms with E-state index in [2.05, 4.69) is 26.1 Å². The fourth-order valence-electron chi connectivity index (χ4n) is 4.22. The number of hydrogen-bond donors (Lipinski definition) is 1. The van der Waals surface area contributed by atoms with Gasteiger partial charge in [-0.25, -0.2) is 9.59 Å². The van der Waals surface area contributed by atoms with Gasteiger partial charge in [0.05, 0.1) is 17.7 Å². The van der Waals surface area contributed by atoms with E-state index in [1.165, 1.54) is 4.88 Å². The number of nitrogens with one attached hydrogen (secondary N) is 1. The lowest BCUT2D eigenvalue weighted by molar-refractivity contribution is 0.0437. The van der Waals surface area contributed by atoms with E-state index in [4.69, 9.17) is 9.47 Å². The number of esters is 2. The van der Waals surface area contributed by atoms with Crippen LogP contribution >= 0.6 is 11.3 Å². The second kappa shape index (κ2) is 7.48. The SMILES string of the molecule is CCOC(=O)c1c(N[C@H]2OC(=O)c3ccccc32)sc2c1CC[C@@H](C(C)(C)C)C2. The van der Waals surface area contributed by atoms with Crippen LogP contribution < -0.4 is 5.32 Å². The molecule has 2 aliphatic rings. The molecule has 0 amide bonds. The van der Waals surface area contributed by atoms with Gasteiger partial charge in [-0.1, -0.05) is 39.0 Å². The van der Waals surface area contributed by atoms with Gasteiger partial charge in [-0.3, -0.25) is 0 Å². The molecule has 1 aromatic heterocycles. The summed E-state index contributed by atoms with van der Waals surface area (Å²) in [5.74, 6) is -0.0780. The molecule has 1 N–H and O–H groups in total. The van der Waals surface area contributed by atoms with Crippen molar-refractivity contribution in [3.05, 3.63) is 51.4 Å². The highest BCUT2D eigenvalue weighted by Gasteiger charge is 2.36. The van der Waals surface area contributed by atoms with E-state index in [0.29, 0.717) is 23.7 Å². The van der Waals surface area contributed by atoms with Gasteiger partial charge in [0.25, 0.3) is 0 Å². The maximum Gasteiger partial charge on any atom is 0.341 e. The quantitative estimate of drug-likeness (QED) is 0.684. The summed E-state index contributed by atoms with van der Waals surface area (Å²) in [5.41, 5.74) is 3.29. The zero-order chi connectivity index (χ0) is 20.8. The van der Waals surface area contributed by atoms with Gasteiger partial charge in [0.1, 0.15) is 5.00 Å². The summed E-state index contributed by atoms with van der Waals surface area (Å²) in [6.07, 6.45) is 2.29. The molecule has 0 spiro atoms. The molecule has 2 aromatic rings. The van der Waals surface area contributed by atoms with Crippen LogP contribution in [0.25, 0.3) is 0 Å².